The van der Waals surface area contributed by atoms with Gasteiger partial charge in [-0.15, -0.1) is 0 Å². The molecule has 0 bridgehead atoms. The predicted molar refractivity (Wildman–Crippen MR) is 138 cm³/mol. The van der Waals surface area contributed by atoms with Gasteiger partial charge in [0.15, 0.2) is 0 Å². The second-order valence-corrected chi connectivity index (χ2v) is 10.5. The van der Waals surface area contributed by atoms with Crippen molar-refractivity contribution in [3.05, 3.63) is 59.2 Å². The van der Waals surface area contributed by atoms with Gasteiger partial charge in [0.2, 0.25) is 17.7 Å². The maximum absolute atomic E-state index is 13.7. The van der Waals surface area contributed by atoms with E-state index in [-0.39, 0.29) is 36.6 Å². The molecule has 1 fully saturated rings. The van der Waals surface area contributed by atoms with E-state index in [2.05, 4.69) is 15.6 Å². The van der Waals surface area contributed by atoms with Crippen LogP contribution in [-0.2, 0) is 14.4 Å². The molecule has 35 heavy (non-hydrogen) atoms. The lowest BCUT2D eigenvalue weighted by molar-refractivity contribution is -0.145. The molecule has 3 amide bonds. The maximum atomic E-state index is 13.7. The smallest absolute Gasteiger partial charge is 0.247 e. The largest absolute Gasteiger partial charge is 0.349 e. The number of hydrogen-bond acceptors (Lipinski definition) is 4. The van der Waals surface area contributed by atoms with Crippen molar-refractivity contribution >= 4 is 35.1 Å². The third-order valence-corrected chi connectivity index (χ3v) is 6.22. The van der Waals surface area contributed by atoms with Gasteiger partial charge in [-0.05, 0) is 63.4 Å². The fourth-order valence-corrected chi connectivity index (χ4v) is 4.56. The number of amides is 3. The van der Waals surface area contributed by atoms with Crippen LogP contribution in [0.15, 0.2) is 48.7 Å². The molecule has 0 spiro atoms. The normalized spacial score (nSPS) is 15.2. The molecular formula is C27H35ClN4O3. The number of halogens is 1. The summed E-state index contributed by atoms with van der Waals surface area (Å²) in [5.41, 5.74) is 0.235. The Morgan fingerprint density at radius 2 is 1.71 bits per heavy atom. The van der Waals surface area contributed by atoms with Crippen molar-refractivity contribution < 1.29 is 14.4 Å². The van der Waals surface area contributed by atoms with Gasteiger partial charge >= 0.3 is 0 Å². The van der Waals surface area contributed by atoms with Crippen molar-refractivity contribution in [2.24, 2.45) is 0 Å². The average molecular weight is 499 g/mol. The van der Waals surface area contributed by atoms with Crippen molar-refractivity contribution in [3.8, 4) is 0 Å². The lowest BCUT2D eigenvalue weighted by Gasteiger charge is -2.40. The Morgan fingerprint density at radius 1 is 1.03 bits per heavy atom. The Kier molecular flexibility index (Phi) is 9.26. The maximum Gasteiger partial charge on any atom is 0.247 e. The number of rotatable bonds is 8. The van der Waals surface area contributed by atoms with Crippen LogP contribution in [0.5, 0.6) is 0 Å². The zero-order valence-electron chi connectivity index (χ0n) is 20.7. The molecule has 7 nitrogen and oxygen atoms in total. The minimum Gasteiger partial charge on any atom is -0.349 e. The van der Waals surface area contributed by atoms with Crippen LogP contribution in [0.1, 0.15) is 77.3 Å². The number of anilines is 1. The Bertz CT molecular complexity index is 999. The highest BCUT2D eigenvalue weighted by Gasteiger charge is 2.37. The van der Waals surface area contributed by atoms with Gasteiger partial charge in [0.05, 0.1) is 0 Å². The van der Waals surface area contributed by atoms with E-state index in [9.17, 15) is 14.4 Å². The zero-order valence-corrected chi connectivity index (χ0v) is 21.5. The van der Waals surface area contributed by atoms with Gasteiger partial charge in [0.1, 0.15) is 11.9 Å². The van der Waals surface area contributed by atoms with E-state index in [0.29, 0.717) is 16.4 Å². The van der Waals surface area contributed by atoms with E-state index in [0.717, 1.165) is 32.1 Å². The van der Waals surface area contributed by atoms with Crippen molar-refractivity contribution in [1.82, 2.24) is 15.2 Å². The number of carbonyl (C=O) groups excluding carboxylic acids is 3. The first-order valence-corrected chi connectivity index (χ1v) is 12.6. The molecule has 3 rings (SSSR count). The number of nitrogens with one attached hydrogen (secondary N) is 2. The van der Waals surface area contributed by atoms with E-state index in [1.54, 1.807) is 53.6 Å². The van der Waals surface area contributed by atoms with Crippen LogP contribution < -0.4 is 10.6 Å². The molecule has 0 saturated heterocycles. The Morgan fingerprint density at radius 3 is 2.31 bits per heavy atom. The molecule has 188 valence electrons. The minimum atomic E-state index is -0.805. The summed E-state index contributed by atoms with van der Waals surface area (Å²) < 4.78 is 0. The number of carbonyl (C=O) groups is 3. The number of hydrogen-bond donors (Lipinski definition) is 2. The standard InChI is InChI=1S/C27H35ClN4O3/c1-27(2,3)31-26(35)25(19-12-14-20(28)15-13-19)32(21-9-5-4-6-10-21)24(34)17-16-23(33)30-22-11-7-8-18-29-22/h7-8,11-15,18,21,25H,4-6,9-10,16-17H2,1-3H3,(H,31,35)(H,29,30,33)/t25-/m0/s1. The third-order valence-electron chi connectivity index (χ3n) is 5.96. The van der Waals surface area contributed by atoms with Gasteiger partial charge in [-0.2, -0.15) is 0 Å². The Labute approximate surface area is 212 Å². The molecule has 2 aromatic rings. The first kappa shape index (κ1) is 26.7. The molecule has 1 aliphatic carbocycles. The van der Waals surface area contributed by atoms with E-state index >= 15 is 0 Å². The van der Waals surface area contributed by atoms with Crippen LogP contribution in [0.4, 0.5) is 5.82 Å². The molecule has 1 saturated carbocycles. The van der Waals surface area contributed by atoms with Crippen LogP contribution in [-0.4, -0.2) is 39.2 Å². The summed E-state index contributed by atoms with van der Waals surface area (Å²) in [5.74, 6) is -0.297. The molecular weight excluding hydrogens is 464 g/mol. The van der Waals surface area contributed by atoms with E-state index in [1.165, 1.54) is 0 Å². The Hall–Kier alpha value is -2.93. The van der Waals surface area contributed by atoms with Crippen LogP contribution >= 0.6 is 11.6 Å². The quantitative estimate of drug-likeness (QED) is 0.518. The predicted octanol–water partition coefficient (Wildman–Crippen LogP) is 5.27. The highest BCUT2D eigenvalue weighted by molar-refractivity contribution is 6.30. The number of pyridine rings is 1. The summed E-state index contributed by atoms with van der Waals surface area (Å²) >= 11 is 6.11. The van der Waals surface area contributed by atoms with Crippen LogP contribution in [0, 0.1) is 0 Å². The second-order valence-electron chi connectivity index (χ2n) is 10.0. The molecule has 1 aliphatic rings. The number of aromatic nitrogens is 1. The van der Waals surface area contributed by atoms with E-state index in [1.807, 2.05) is 20.8 Å². The van der Waals surface area contributed by atoms with Gasteiger partial charge < -0.3 is 15.5 Å². The fraction of sp³-hybridized carbons (Fsp3) is 0.481. The van der Waals surface area contributed by atoms with Gasteiger partial charge in [-0.3, -0.25) is 14.4 Å². The number of nitrogens with zero attached hydrogens (tertiary/aromatic N) is 2. The highest BCUT2D eigenvalue weighted by atomic mass is 35.5. The van der Waals surface area contributed by atoms with Crippen LogP contribution in [0.3, 0.4) is 0 Å². The summed E-state index contributed by atoms with van der Waals surface area (Å²) in [7, 11) is 0. The molecule has 1 atom stereocenters. The molecule has 8 heteroatoms. The van der Waals surface area contributed by atoms with Crippen LogP contribution in [0.25, 0.3) is 0 Å². The van der Waals surface area contributed by atoms with Crippen molar-refractivity contribution in [1.29, 1.82) is 0 Å². The zero-order chi connectivity index (χ0) is 25.4. The molecule has 2 N–H and O–H groups in total. The summed E-state index contributed by atoms with van der Waals surface area (Å²) in [4.78, 5) is 45.6. The van der Waals surface area contributed by atoms with Gasteiger partial charge in [-0.25, -0.2) is 4.98 Å². The summed E-state index contributed by atoms with van der Waals surface area (Å²) in [6, 6.07) is 11.4. The molecule has 1 aromatic carbocycles. The Balaban J connectivity index is 1.86. The third kappa shape index (κ3) is 8.06. The molecule has 1 heterocycles. The topological polar surface area (TPSA) is 91.4 Å². The summed E-state index contributed by atoms with van der Waals surface area (Å²) in [6.45, 7) is 5.75. The SMILES string of the molecule is CC(C)(C)NC(=O)[C@H](c1ccc(Cl)cc1)N(C(=O)CCC(=O)Nc1ccccn1)C1CCCCC1. The molecule has 0 unspecified atom stereocenters. The number of benzene rings is 1. The average Bonchev–Trinajstić information content (AvgIpc) is 2.82. The molecule has 1 aromatic heterocycles. The van der Waals surface area contributed by atoms with E-state index in [4.69, 9.17) is 11.6 Å². The lowest BCUT2D eigenvalue weighted by Crippen LogP contribution is -2.52. The summed E-state index contributed by atoms with van der Waals surface area (Å²) in [6.07, 6.45) is 6.39. The van der Waals surface area contributed by atoms with Gasteiger partial charge in [0, 0.05) is 35.6 Å². The lowest BCUT2D eigenvalue weighted by atomic mass is 9.90. The van der Waals surface area contributed by atoms with Gasteiger partial charge in [-0.1, -0.05) is 49.1 Å². The molecule has 0 radical (unpaired) electrons. The van der Waals surface area contributed by atoms with Crippen LogP contribution in [0.2, 0.25) is 5.02 Å². The van der Waals surface area contributed by atoms with E-state index < -0.39 is 11.6 Å². The first-order chi connectivity index (χ1) is 16.6. The minimum absolute atomic E-state index is 0.00204. The van der Waals surface area contributed by atoms with Crippen molar-refractivity contribution in [3.63, 3.8) is 0 Å². The molecule has 0 aliphatic heterocycles. The fourth-order valence-electron chi connectivity index (χ4n) is 4.43. The van der Waals surface area contributed by atoms with Crippen molar-refractivity contribution in [2.45, 2.75) is 83.3 Å². The summed E-state index contributed by atoms with van der Waals surface area (Å²) in [5, 5.41) is 6.33. The van der Waals surface area contributed by atoms with Crippen molar-refractivity contribution in [2.75, 3.05) is 5.32 Å². The monoisotopic (exact) mass is 498 g/mol. The highest BCUT2D eigenvalue weighted by Crippen LogP contribution is 2.32. The van der Waals surface area contributed by atoms with Gasteiger partial charge in [0.25, 0.3) is 0 Å². The second kappa shape index (κ2) is 12.2. The first-order valence-electron chi connectivity index (χ1n) is 12.2.